The Kier molecular flexibility index (Phi) is 6.38. The maximum absolute atomic E-state index is 10.4. The van der Waals surface area contributed by atoms with E-state index in [1.807, 2.05) is 6.07 Å². The first kappa shape index (κ1) is 22.6. The molecule has 1 aromatic heterocycles. The quantitative estimate of drug-likeness (QED) is 0.651. The molecule has 3 atom stereocenters. The molecule has 5 nitrogen and oxygen atoms in total. The molecule has 2 aliphatic heterocycles. The van der Waals surface area contributed by atoms with Crippen molar-refractivity contribution >= 4 is 47.9 Å². The molecule has 5 rings (SSSR count). The van der Waals surface area contributed by atoms with Crippen molar-refractivity contribution in [2.45, 2.75) is 56.6 Å². The van der Waals surface area contributed by atoms with Crippen molar-refractivity contribution in [3.8, 4) is 0 Å². The Morgan fingerprint density at radius 3 is 2.62 bits per heavy atom. The Hall–Kier alpha value is -1.11. The first-order chi connectivity index (χ1) is 13.0. The van der Waals surface area contributed by atoms with Gasteiger partial charge in [-0.15, -0.1) is 24.8 Å². The van der Waals surface area contributed by atoms with E-state index in [4.69, 9.17) is 16.6 Å². The Bertz CT molecular complexity index is 903. The van der Waals surface area contributed by atoms with Gasteiger partial charge in [0.05, 0.1) is 11.8 Å². The van der Waals surface area contributed by atoms with Crippen molar-refractivity contribution in [3.63, 3.8) is 0 Å². The molecule has 1 saturated heterocycles. The van der Waals surface area contributed by atoms with Crippen LogP contribution in [0.5, 0.6) is 0 Å². The lowest BCUT2D eigenvalue weighted by Crippen LogP contribution is -2.48. The lowest BCUT2D eigenvalue weighted by atomic mass is 9.70. The van der Waals surface area contributed by atoms with Crippen LogP contribution in [0.2, 0.25) is 5.02 Å². The number of hydrogen-bond acceptors (Lipinski definition) is 5. The van der Waals surface area contributed by atoms with Crippen LogP contribution in [-0.4, -0.2) is 34.2 Å². The molecule has 29 heavy (non-hydrogen) atoms. The van der Waals surface area contributed by atoms with E-state index in [0.717, 1.165) is 48.0 Å². The highest BCUT2D eigenvalue weighted by atomic mass is 35.5. The van der Waals surface area contributed by atoms with Crippen LogP contribution in [0.4, 0.5) is 11.5 Å². The number of rotatable bonds is 1. The van der Waals surface area contributed by atoms with E-state index in [2.05, 4.69) is 41.2 Å². The van der Waals surface area contributed by atoms with Crippen molar-refractivity contribution in [1.82, 2.24) is 15.3 Å². The van der Waals surface area contributed by atoms with E-state index in [-0.39, 0.29) is 42.2 Å². The summed E-state index contributed by atoms with van der Waals surface area (Å²) in [6.07, 6.45) is 4.00. The summed E-state index contributed by atoms with van der Waals surface area (Å²) in [7, 11) is 0. The topological polar surface area (TPSA) is 61.3 Å². The highest BCUT2D eigenvalue weighted by Gasteiger charge is 2.51. The Labute approximate surface area is 189 Å². The number of piperidine rings is 1. The molecule has 2 aromatic rings. The molecular formula is C21H27Cl3N4O. The Morgan fingerprint density at radius 2 is 1.90 bits per heavy atom. The molecule has 2 N–H and O–H groups in total. The van der Waals surface area contributed by atoms with E-state index in [0.29, 0.717) is 6.42 Å². The van der Waals surface area contributed by atoms with Gasteiger partial charge in [-0.25, -0.2) is 9.97 Å². The predicted octanol–water partition coefficient (Wildman–Crippen LogP) is 4.68. The molecule has 8 heteroatoms. The van der Waals surface area contributed by atoms with Crippen LogP contribution in [0.1, 0.15) is 62.0 Å². The highest BCUT2D eigenvalue weighted by Crippen LogP contribution is 2.55. The van der Waals surface area contributed by atoms with Crippen LogP contribution < -0.4 is 10.2 Å². The first-order valence-corrected chi connectivity index (χ1v) is 10.2. The molecule has 0 saturated carbocycles. The number of anilines is 2. The van der Waals surface area contributed by atoms with Crippen LogP contribution >= 0.6 is 36.4 Å². The molecule has 3 aliphatic rings. The van der Waals surface area contributed by atoms with Crippen LogP contribution in [0.3, 0.4) is 0 Å². The number of halogens is 3. The number of aliphatic hydroxyl groups excluding tert-OH is 1. The molecule has 1 fully saturated rings. The van der Waals surface area contributed by atoms with Crippen molar-refractivity contribution in [3.05, 3.63) is 46.4 Å². The average Bonchev–Trinajstić information content (AvgIpc) is 3.09. The Balaban J connectivity index is 0.00000120. The van der Waals surface area contributed by atoms with E-state index in [9.17, 15) is 5.11 Å². The second kappa shape index (κ2) is 8.20. The van der Waals surface area contributed by atoms with Crippen LogP contribution in [0, 0.1) is 0 Å². The lowest BCUT2D eigenvalue weighted by molar-refractivity contribution is 0.170. The van der Waals surface area contributed by atoms with Gasteiger partial charge in [0.2, 0.25) is 0 Å². The van der Waals surface area contributed by atoms with Gasteiger partial charge in [0.1, 0.15) is 12.1 Å². The second-order valence-electron chi connectivity index (χ2n) is 8.26. The summed E-state index contributed by atoms with van der Waals surface area (Å²) in [6, 6.07) is 6.53. The normalized spacial score (nSPS) is 26.5. The van der Waals surface area contributed by atoms with Crippen LogP contribution in [0.25, 0.3) is 0 Å². The molecule has 3 heterocycles. The van der Waals surface area contributed by atoms with Crippen molar-refractivity contribution in [1.29, 1.82) is 0 Å². The van der Waals surface area contributed by atoms with Gasteiger partial charge in [-0.1, -0.05) is 18.5 Å². The third kappa shape index (κ3) is 3.22. The lowest BCUT2D eigenvalue weighted by Gasteiger charge is -2.40. The molecule has 1 spiro atoms. The zero-order valence-electron chi connectivity index (χ0n) is 16.6. The van der Waals surface area contributed by atoms with Gasteiger partial charge < -0.3 is 15.3 Å². The number of hydrogen-bond donors (Lipinski definition) is 2. The van der Waals surface area contributed by atoms with Crippen molar-refractivity contribution < 1.29 is 5.11 Å². The minimum atomic E-state index is -0.493. The standard InChI is InChI=1S/C21H25ClN4O.2ClH/c1-12-9-17(27)19-18(12)20(25-11-24-19)26-13(2)21(5-7-23-8-6-21)15-10-14(22)3-4-16(15)26;;/h3-4,10-13,17,23,27H,5-9H2,1-2H3;2*1H/t12-,13-,17-;;/m1../s1. The van der Waals surface area contributed by atoms with Crippen LogP contribution in [0.15, 0.2) is 24.5 Å². The molecule has 0 bridgehead atoms. The number of aliphatic hydroxyl groups is 1. The smallest absolute Gasteiger partial charge is 0.140 e. The number of nitrogens with zero attached hydrogens (tertiary/aromatic N) is 3. The number of aromatic nitrogens is 2. The zero-order valence-corrected chi connectivity index (χ0v) is 18.9. The zero-order chi connectivity index (χ0) is 18.8. The summed E-state index contributed by atoms with van der Waals surface area (Å²) in [5.74, 6) is 1.20. The Morgan fingerprint density at radius 1 is 1.17 bits per heavy atom. The van der Waals surface area contributed by atoms with Crippen molar-refractivity contribution in [2.75, 3.05) is 18.0 Å². The van der Waals surface area contributed by atoms with Gasteiger partial charge in [0.25, 0.3) is 0 Å². The maximum atomic E-state index is 10.4. The number of nitrogens with one attached hydrogen (secondary N) is 1. The van der Waals surface area contributed by atoms with E-state index >= 15 is 0 Å². The summed E-state index contributed by atoms with van der Waals surface area (Å²) in [4.78, 5) is 11.5. The predicted molar refractivity (Wildman–Crippen MR) is 121 cm³/mol. The second-order valence-corrected chi connectivity index (χ2v) is 8.70. The minimum Gasteiger partial charge on any atom is -0.387 e. The third-order valence-corrected chi connectivity index (χ3v) is 7.18. The molecule has 158 valence electrons. The van der Waals surface area contributed by atoms with Gasteiger partial charge in [0, 0.05) is 27.7 Å². The van der Waals surface area contributed by atoms with Gasteiger partial charge in [-0.3, -0.25) is 0 Å². The van der Waals surface area contributed by atoms with Crippen LogP contribution in [-0.2, 0) is 5.41 Å². The molecule has 0 radical (unpaired) electrons. The third-order valence-electron chi connectivity index (χ3n) is 6.94. The van der Waals surface area contributed by atoms with Crippen molar-refractivity contribution in [2.24, 2.45) is 0 Å². The fraction of sp³-hybridized carbons (Fsp3) is 0.524. The fourth-order valence-corrected chi connectivity index (χ4v) is 5.72. The molecule has 1 aromatic carbocycles. The summed E-state index contributed by atoms with van der Waals surface area (Å²) in [6.45, 7) is 6.50. The monoisotopic (exact) mass is 456 g/mol. The van der Waals surface area contributed by atoms with E-state index in [1.165, 1.54) is 11.3 Å². The first-order valence-electron chi connectivity index (χ1n) is 9.86. The summed E-state index contributed by atoms with van der Waals surface area (Å²) < 4.78 is 0. The minimum absolute atomic E-state index is 0. The fourth-order valence-electron chi connectivity index (χ4n) is 5.55. The maximum Gasteiger partial charge on any atom is 0.140 e. The summed E-state index contributed by atoms with van der Waals surface area (Å²) in [5, 5.41) is 14.7. The van der Waals surface area contributed by atoms with Gasteiger partial charge in [0.15, 0.2) is 0 Å². The number of benzene rings is 1. The SMILES string of the molecule is C[C@@H]1C[C@@H](O)c2ncnc(N3c4ccc(Cl)cc4C4(CCNCC4)[C@H]3C)c21.Cl.Cl. The average molecular weight is 458 g/mol. The molecule has 0 amide bonds. The largest absolute Gasteiger partial charge is 0.387 e. The van der Waals surface area contributed by atoms with E-state index < -0.39 is 6.10 Å². The molecule has 0 unspecified atom stereocenters. The molecule has 1 aliphatic carbocycles. The van der Waals surface area contributed by atoms with Gasteiger partial charge in [-0.2, -0.15) is 0 Å². The summed E-state index contributed by atoms with van der Waals surface area (Å²) >= 11 is 6.41. The van der Waals surface area contributed by atoms with Gasteiger partial charge in [-0.05, 0) is 69.0 Å². The highest BCUT2D eigenvalue weighted by molar-refractivity contribution is 6.30. The summed E-state index contributed by atoms with van der Waals surface area (Å²) in [5.41, 5.74) is 4.50. The van der Waals surface area contributed by atoms with E-state index in [1.54, 1.807) is 6.33 Å². The van der Waals surface area contributed by atoms with Gasteiger partial charge >= 0.3 is 0 Å². The molecular weight excluding hydrogens is 431 g/mol. The number of fused-ring (bicyclic) bond motifs is 3.